The van der Waals surface area contributed by atoms with Crippen LogP contribution in [-0.2, 0) is 15.6 Å². The molecule has 6 heteroatoms. The minimum absolute atomic E-state index is 0.427. The summed E-state index contributed by atoms with van der Waals surface area (Å²) >= 11 is 0. The highest BCUT2D eigenvalue weighted by Crippen LogP contribution is 2.24. The molecule has 0 bridgehead atoms. The molecule has 0 saturated carbocycles. The lowest BCUT2D eigenvalue weighted by molar-refractivity contribution is -0.131. The number of carbonyl (C=O) groups is 1. The van der Waals surface area contributed by atoms with Gasteiger partial charge in [-0.3, -0.25) is 19.1 Å². The first-order valence-corrected chi connectivity index (χ1v) is 10.7. The Bertz CT molecular complexity index is 777. The predicted molar refractivity (Wildman–Crippen MR) is 110 cm³/mol. The van der Waals surface area contributed by atoms with E-state index in [2.05, 4.69) is 47.1 Å². The monoisotopic (exact) mass is 388 g/mol. The molecule has 1 aliphatic rings. The molecule has 2 atom stereocenters. The predicted octanol–water partition coefficient (Wildman–Crippen LogP) is 2.57. The maximum Gasteiger partial charge on any atom is 0.261 e. The molecule has 1 aliphatic heterocycles. The van der Waals surface area contributed by atoms with E-state index in [-0.39, 0.29) is 0 Å². The summed E-state index contributed by atoms with van der Waals surface area (Å²) in [5, 5.41) is 8.92. The van der Waals surface area contributed by atoms with E-state index in [4.69, 9.17) is 5.21 Å². The fourth-order valence-electron chi connectivity index (χ4n) is 3.01. The Morgan fingerprint density at radius 1 is 1.37 bits per heavy atom. The Kier molecular flexibility index (Phi) is 7.78. The minimum Gasteiger partial charge on any atom is -0.299 e. The quantitative estimate of drug-likeness (QED) is 0.446. The molecule has 0 radical (unpaired) electrons. The minimum atomic E-state index is -1.37. The summed E-state index contributed by atoms with van der Waals surface area (Å²) in [5.74, 6) is 5.62. The zero-order valence-electron chi connectivity index (χ0n) is 16.2. The number of carbonyl (C=O) groups excluding carboxylic acids is 1. The number of hydroxylamine groups is 1. The van der Waals surface area contributed by atoms with Crippen molar-refractivity contribution >= 4 is 22.3 Å². The SMILES string of the molecule is CCC#Cc1ccc(C2=CCN(CCC(C)(C(=O)NO)S(C)=O)CC2)cc1. The molecular formula is C21H28N2O3S. The third kappa shape index (κ3) is 5.52. The Morgan fingerprint density at radius 3 is 2.59 bits per heavy atom. The number of hydrogen-bond donors (Lipinski definition) is 2. The van der Waals surface area contributed by atoms with Gasteiger partial charge in [-0.15, -0.1) is 0 Å². The van der Waals surface area contributed by atoms with Gasteiger partial charge in [0.15, 0.2) is 0 Å². The van der Waals surface area contributed by atoms with Gasteiger partial charge in [-0.05, 0) is 43.0 Å². The van der Waals surface area contributed by atoms with Crippen molar-refractivity contribution < 1.29 is 14.2 Å². The van der Waals surface area contributed by atoms with E-state index in [1.54, 1.807) is 12.4 Å². The van der Waals surface area contributed by atoms with Gasteiger partial charge in [0.2, 0.25) is 0 Å². The second kappa shape index (κ2) is 9.84. The van der Waals surface area contributed by atoms with Crippen LogP contribution < -0.4 is 5.48 Å². The lowest BCUT2D eigenvalue weighted by Crippen LogP contribution is -2.48. The van der Waals surface area contributed by atoms with Gasteiger partial charge in [0, 0.05) is 48.7 Å². The van der Waals surface area contributed by atoms with Crippen LogP contribution >= 0.6 is 0 Å². The van der Waals surface area contributed by atoms with Gasteiger partial charge in [-0.2, -0.15) is 0 Å². The largest absolute Gasteiger partial charge is 0.299 e. The van der Waals surface area contributed by atoms with E-state index < -0.39 is 21.5 Å². The number of rotatable bonds is 6. The normalized spacial score (nSPS) is 17.9. The molecule has 1 aromatic carbocycles. The fraction of sp³-hybridized carbons (Fsp3) is 0.476. The first-order valence-electron chi connectivity index (χ1n) is 9.19. The van der Waals surface area contributed by atoms with Crippen LogP contribution in [0.2, 0.25) is 0 Å². The average molecular weight is 389 g/mol. The van der Waals surface area contributed by atoms with E-state index in [0.29, 0.717) is 13.0 Å². The third-order valence-corrected chi connectivity index (χ3v) is 6.74. The summed E-state index contributed by atoms with van der Waals surface area (Å²) in [6.45, 7) is 5.99. The molecule has 146 valence electrons. The van der Waals surface area contributed by atoms with Crippen molar-refractivity contribution in [1.82, 2.24) is 10.4 Å². The van der Waals surface area contributed by atoms with Crippen molar-refractivity contribution in [3.8, 4) is 11.8 Å². The van der Waals surface area contributed by atoms with Gasteiger partial charge in [0.25, 0.3) is 5.91 Å². The van der Waals surface area contributed by atoms with Gasteiger partial charge >= 0.3 is 0 Å². The zero-order chi connectivity index (χ0) is 19.9. The molecule has 0 aromatic heterocycles. The van der Waals surface area contributed by atoms with Crippen molar-refractivity contribution in [3.05, 3.63) is 41.5 Å². The van der Waals surface area contributed by atoms with Crippen LogP contribution in [0.4, 0.5) is 0 Å². The van der Waals surface area contributed by atoms with E-state index in [0.717, 1.165) is 31.5 Å². The second-order valence-electron chi connectivity index (χ2n) is 6.89. The van der Waals surface area contributed by atoms with Crippen molar-refractivity contribution in [2.75, 3.05) is 25.9 Å². The van der Waals surface area contributed by atoms with Crippen LogP contribution in [0.1, 0.15) is 44.2 Å². The summed E-state index contributed by atoms with van der Waals surface area (Å²) in [7, 11) is -1.37. The van der Waals surface area contributed by atoms with E-state index in [1.165, 1.54) is 17.4 Å². The van der Waals surface area contributed by atoms with Crippen LogP contribution in [0, 0.1) is 11.8 Å². The third-order valence-electron chi connectivity index (χ3n) is 5.08. The Labute approximate surface area is 164 Å². The summed E-state index contributed by atoms with van der Waals surface area (Å²) < 4.78 is 10.9. The molecule has 2 rings (SSSR count). The molecule has 0 saturated heterocycles. The van der Waals surface area contributed by atoms with Gasteiger partial charge in [0.1, 0.15) is 4.75 Å². The lowest BCUT2D eigenvalue weighted by atomic mass is 9.98. The van der Waals surface area contributed by atoms with E-state index in [1.807, 2.05) is 6.92 Å². The maximum atomic E-state index is 12.0. The van der Waals surface area contributed by atoms with Crippen molar-refractivity contribution in [2.45, 2.75) is 37.9 Å². The number of benzene rings is 1. The Hall–Kier alpha value is -1.94. The molecule has 1 heterocycles. The van der Waals surface area contributed by atoms with Gasteiger partial charge in [-0.1, -0.05) is 37.0 Å². The number of nitrogens with one attached hydrogen (secondary N) is 1. The van der Waals surface area contributed by atoms with Gasteiger partial charge < -0.3 is 0 Å². The highest BCUT2D eigenvalue weighted by Gasteiger charge is 2.37. The first kappa shape index (κ1) is 21.4. The van der Waals surface area contributed by atoms with E-state index in [9.17, 15) is 9.00 Å². The number of amides is 1. The molecule has 1 aromatic rings. The van der Waals surface area contributed by atoms with Crippen molar-refractivity contribution in [2.24, 2.45) is 0 Å². The molecule has 0 fully saturated rings. The summed E-state index contributed by atoms with van der Waals surface area (Å²) in [5.41, 5.74) is 5.22. The van der Waals surface area contributed by atoms with Crippen LogP contribution in [0.5, 0.6) is 0 Å². The smallest absolute Gasteiger partial charge is 0.261 e. The molecular weight excluding hydrogens is 360 g/mol. The lowest BCUT2D eigenvalue weighted by Gasteiger charge is -2.31. The Balaban J connectivity index is 1.96. The van der Waals surface area contributed by atoms with Crippen LogP contribution in [0.25, 0.3) is 5.57 Å². The average Bonchev–Trinajstić information content (AvgIpc) is 2.70. The summed E-state index contributed by atoms with van der Waals surface area (Å²) in [6, 6.07) is 8.34. The second-order valence-corrected chi connectivity index (χ2v) is 8.70. The molecule has 2 unspecified atom stereocenters. The maximum absolute atomic E-state index is 12.0. The molecule has 1 amide bonds. The summed E-state index contributed by atoms with van der Waals surface area (Å²) in [4.78, 5) is 14.1. The molecule has 27 heavy (non-hydrogen) atoms. The molecule has 0 spiro atoms. The topological polar surface area (TPSA) is 69.6 Å². The highest BCUT2D eigenvalue weighted by molar-refractivity contribution is 7.86. The van der Waals surface area contributed by atoms with Crippen molar-refractivity contribution in [1.29, 1.82) is 0 Å². The molecule has 2 N–H and O–H groups in total. The standard InChI is InChI=1S/C21H28N2O3S/c1-4-5-6-17-7-9-18(10-8-17)19-11-14-23(15-12-19)16-13-21(2,27(3)26)20(24)22-25/h7-11,25H,4,12-16H2,1-3H3,(H,22,24). The van der Waals surface area contributed by atoms with Gasteiger partial charge in [-0.25, -0.2) is 5.48 Å². The fourth-order valence-corrected chi connectivity index (χ4v) is 3.70. The first-order chi connectivity index (χ1) is 12.9. The molecule has 0 aliphatic carbocycles. The van der Waals surface area contributed by atoms with Crippen LogP contribution in [-0.4, -0.2) is 50.9 Å². The van der Waals surface area contributed by atoms with Crippen molar-refractivity contribution in [3.63, 3.8) is 0 Å². The van der Waals surface area contributed by atoms with Crippen LogP contribution in [0.3, 0.4) is 0 Å². The van der Waals surface area contributed by atoms with Gasteiger partial charge in [0.05, 0.1) is 0 Å². The van der Waals surface area contributed by atoms with Crippen LogP contribution in [0.15, 0.2) is 30.3 Å². The number of nitrogens with zero attached hydrogens (tertiary/aromatic N) is 1. The number of hydrogen-bond acceptors (Lipinski definition) is 4. The summed E-state index contributed by atoms with van der Waals surface area (Å²) in [6.07, 6.45) is 5.92. The molecule has 5 nitrogen and oxygen atoms in total. The highest BCUT2D eigenvalue weighted by atomic mass is 32.2. The van der Waals surface area contributed by atoms with E-state index >= 15 is 0 Å². The Morgan fingerprint density at radius 2 is 2.07 bits per heavy atom. The zero-order valence-corrected chi connectivity index (χ0v) is 17.1.